The molecular weight excluding hydrogens is 506 g/mol. The first-order valence-corrected chi connectivity index (χ1v) is 9.08. The average molecular weight is 527 g/mol. The maximum Gasteiger partial charge on any atom is 0.0607 e. The average Bonchev–Trinajstić information content (AvgIpc) is 2.97. The molecule has 0 amide bonds. The van der Waals surface area contributed by atoms with Gasteiger partial charge in [0.1, 0.15) is 0 Å². The van der Waals surface area contributed by atoms with Gasteiger partial charge in [-0.3, -0.25) is 4.98 Å². The van der Waals surface area contributed by atoms with Crippen LogP contribution in [0.3, 0.4) is 0 Å². The first-order chi connectivity index (χ1) is 12.5. The Hall–Kier alpha value is -2.28. The van der Waals surface area contributed by atoms with Crippen LogP contribution in [0.1, 0.15) is 26.3 Å². The van der Waals surface area contributed by atoms with Crippen LogP contribution in [-0.2, 0) is 25.5 Å². The molecule has 0 bridgehead atoms. The second-order valence-electron chi connectivity index (χ2n) is 8.04. The molecule has 1 radical (unpaired) electrons. The van der Waals surface area contributed by atoms with Gasteiger partial charge in [-0.2, -0.15) is 0 Å². The Morgan fingerprint density at radius 3 is 2.15 bits per heavy atom. The number of aromatic nitrogens is 1. The molecule has 0 spiro atoms. The van der Waals surface area contributed by atoms with Gasteiger partial charge >= 0.3 is 0 Å². The van der Waals surface area contributed by atoms with Crippen LogP contribution in [-0.4, -0.2) is 4.98 Å². The van der Waals surface area contributed by atoms with Crippen LogP contribution in [0.4, 0.5) is 0 Å². The van der Waals surface area contributed by atoms with Crippen molar-refractivity contribution >= 4 is 10.9 Å². The van der Waals surface area contributed by atoms with Crippen molar-refractivity contribution in [1.29, 1.82) is 0 Å². The van der Waals surface area contributed by atoms with E-state index in [4.69, 9.17) is 4.98 Å². The predicted octanol–water partition coefficient (Wildman–Crippen LogP) is 6.64. The van der Waals surface area contributed by atoms with Crippen molar-refractivity contribution in [2.45, 2.75) is 26.2 Å². The summed E-state index contributed by atoms with van der Waals surface area (Å²) in [6.45, 7) is 6.68. The largest absolute Gasteiger partial charge is 0.296 e. The molecule has 27 heavy (non-hydrogen) atoms. The summed E-state index contributed by atoms with van der Waals surface area (Å²) in [6.07, 6.45) is 0. The second-order valence-corrected chi connectivity index (χ2v) is 8.04. The van der Waals surface area contributed by atoms with Crippen LogP contribution in [0.2, 0.25) is 0 Å². The number of rotatable bonds is 1. The Morgan fingerprint density at radius 2 is 1.48 bits per heavy atom. The van der Waals surface area contributed by atoms with Gasteiger partial charge < -0.3 is 0 Å². The van der Waals surface area contributed by atoms with Crippen LogP contribution >= 0.6 is 0 Å². The van der Waals surface area contributed by atoms with Gasteiger partial charge in [-0.05, 0) is 39.4 Å². The molecule has 4 aromatic rings. The van der Waals surface area contributed by atoms with Crippen LogP contribution in [0.5, 0.6) is 0 Å². The van der Waals surface area contributed by atoms with Gasteiger partial charge in [0.2, 0.25) is 0 Å². The summed E-state index contributed by atoms with van der Waals surface area (Å²) in [5.41, 5.74) is 9.69. The van der Waals surface area contributed by atoms with Crippen LogP contribution in [0, 0.1) is 6.07 Å². The molecule has 0 unspecified atom stereocenters. The smallest absolute Gasteiger partial charge is 0.0607 e. The summed E-state index contributed by atoms with van der Waals surface area (Å²) in [4.78, 5) is 4.95. The third-order valence-electron chi connectivity index (χ3n) is 5.30. The van der Waals surface area contributed by atoms with Crippen molar-refractivity contribution in [3.8, 4) is 33.5 Å². The maximum atomic E-state index is 4.95. The molecule has 5 rings (SSSR count). The van der Waals surface area contributed by atoms with Gasteiger partial charge in [-0.25, -0.2) is 0 Å². The summed E-state index contributed by atoms with van der Waals surface area (Å²) >= 11 is 0. The van der Waals surface area contributed by atoms with E-state index < -0.39 is 0 Å². The monoisotopic (exact) mass is 527 g/mol. The molecule has 0 aliphatic heterocycles. The molecular formula is C25H20IrN-. The summed E-state index contributed by atoms with van der Waals surface area (Å²) in [5, 5.41) is 1.27. The van der Waals surface area contributed by atoms with E-state index in [9.17, 15) is 0 Å². The Labute approximate surface area is 173 Å². The molecule has 1 heterocycles. The molecule has 1 nitrogen and oxygen atoms in total. The molecule has 0 saturated carbocycles. The fourth-order valence-electron chi connectivity index (χ4n) is 3.87. The van der Waals surface area contributed by atoms with Crippen molar-refractivity contribution in [2.75, 3.05) is 0 Å². The molecule has 1 aliphatic rings. The maximum absolute atomic E-state index is 4.95. The first kappa shape index (κ1) is 18.1. The number of hydrogen-bond donors (Lipinski definition) is 0. The zero-order valence-corrected chi connectivity index (χ0v) is 18.0. The fraction of sp³-hybridized carbons (Fsp3) is 0.160. The zero-order chi connectivity index (χ0) is 17.9. The molecule has 0 atom stereocenters. The molecule has 0 fully saturated rings. The molecule has 2 heteroatoms. The van der Waals surface area contributed by atoms with Gasteiger partial charge in [0.05, 0.1) is 5.52 Å². The van der Waals surface area contributed by atoms with Crippen molar-refractivity contribution in [1.82, 2.24) is 4.98 Å². The van der Waals surface area contributed by atoms with E-state index in [2.05, 4.69) is 93.6 Å². The summed E-state index contributed by atoms with van der Waals surface area (Å²) in [5.74, 6) is 0. The van der Waals surface area contributed by atoms with E-state index in [1.54, 1.807) is 0 Å². The second kappa shape index (κ2) is 6.41. The van der Waals surface area contributed by atoms with E-state index >= 15 is 0 Å². The normalized spacial score (nSPS) is 12.0. The Bertz CT molecular complexity index is 1150. The number of fused-ring (bicyclic) bond motifs is 3. The van der Waals surface area contributed by atoms with E-state index in [1.807, 2.05) is 0 Å². The Morgan fingerprint density at radius 1 is 0.778 bits per heavy atom. The predicted molar refractivity (Wildman–Crippen MR) is 109 cm³/mol. The fourth-order valence-corrected chi connectivity index (χ4v) is 3.87. The minimum Gasteiger partial charge on any atom is -0.296 e. The number of hydrogen-bond acceptors (Lipinski definition) is 1. The van der Waals surface area contributed by atoms with Gasteiger partial charge in [0, 0.05) is 25.5 Å². The topological polar surface area (TPSA) is 12.9 Å². The Balaban J connectivity index is 0.00000180. The van der Waals surface area contributed by atoms with E-state index in [0.29, 0.717) is 0 Å². The molecule has 3 aromatic carbocycles. The molecule has 0 N–H and O–H groups in total. The van der Waals surface area contributed by atoms with Crippen molar-refractivity contribution in [3.05, 3.63) is 78.4 Å². The number of nitrogens with zero attached hydrogens (tertiary/aromatic N) is 1. The van der Waals surface area contributed by atoms with Crippen molar-refractivity contribution in [3.63, 3.8) is 0 Å². The standard InChI is InChI=1S/C25H20N.Ir/c1-25(2,3)17-13-11-16(12-14-17)23-15-21-19-8-5-4-7-18(19)20-9-6-10-22(26-23)24(20)21;/h4-11,13-15H,1-3H3;/q-1;. The summed E-state index contributed by atoms with van der Waals surface area (Å²) < 4.78 is 0. The van der Waals surface area contributed by atoms with Gasteiger partial charge in [-0.1, -0.05) is 63.2 Å². The molecule has 1 aliphatic carbocycles. The molecule has 0 saturated heterocycles. The van der Waals surface area contributed by atoms with Crippen molar-refractivity contribution < 1.29 is 20.1 Å². The third-order valence-corrected chi connectivity index (χ3v) is 5.30. The number of benzene rings is 3. The van der Waals surface area contributed by atoms with E-state index in [-0.39, 0.29) is 25.5 Å². The van der Waals surface area contributed by atoms with E-state index in [0.717, 1.165) is 16.8 Å². The van der Waals surface area contributed by atoms with Crippen LogP contribution < -0.4 is 0 Å². The summed E-state index contributed by atoms with van der Waals surface area (Å²) in [7, 11) is 0. The first-order valence-electron chi connectivity index (χ1n) is 9.08. The summed E-state index contributed by atoms with van der Waals surface area (Å²) in [6, 6.07) is 27.2. The zero-order valence-electron chi connectivity index (χ0n) is 15.6. The molecule has 135 valence electrons. The minimum absolute atomic E-state index is 0. The van der Waals surface area contributed by atoms with Crippen molar-refractivity contribution in [2.24, 2.45) is 0 Å². The SMILES string of the molecule is CC(C)(C)c1c[c-]c(-c2cc3c4c(cccc4n2)-c2ccccc2-3)cc1.[Ir]. The van der Waals surface area contributed by atoms with E-state index in [1.165, 1.54) is 33.2 Å². The van der Waals surface area contributed by atoms with Crippen LogP contribution in [0.25, 0.3) is 44.4 Å². The van der Waals surface area contributed by atoms with Gasteiger partial charge in [0.25, 0.3) is 0 Å². The Kier molecular flexibility index (Phi) is 4.29. The van der Waals surface area contributed by atoms with Crippen LogP contribution in [0.15, 0.2) is 66.7 Å². The quantitative estimate of drug-likeness (QED) is 0.223. The van der Waals surface area contributed by atoms with Gasteiger partial charge in [0.15, 0.2) is 0 Å². The minimum atomic E-state index is 0. The van der Waals surface area contributed by atoms with Gasteiger partial charge in [-0.15, -0.1) is 35.4 Å². The molecule has 1 aromatic heterocycles. The third kappa shape index (κ3) is 2.84. The number of pyridine rings is 1.